The fourth-order valence-electron chi connectivity index (χ4n) is 2.16. The smallest absolute Gasteiger partial charge is 0.372 e. The molecule has 0 fully saturated rings. The maximum Gasteiger partial charge on any atom is 0.372 e. The van der Waals surface area contributed by atoms with E-state index in [0.29, 0.717) is 12.1 Å². The number of carboxylic acids is 1. The van der Waals surface area contributed by atoms with E-state index in [9.17, 15) is 19.2 Å². The lowest BCUT2D eigenvalue weighted by atomic mass is 10.1. The lowest BCUT2D eigenvalue weighted by Crippen LogP contribution is -2.19. The van der Waals surface area contributed by atoms with Gasteiger partial charge in [0.05, 0.1) is 12.1 Å². The molecule has 2 rings (SSSR count). The summed E-state index contributed by atoms with van der Waals surface area (Å²) in [6.07, 6.45) is 1.01. The molecule has 6 nitrogen and oxygen atoms in total. The van der Waals surface area contributed by atoms with Crippen LogP contribution in [0.2, 0.25) is 0 Å². The number of carbonyl (C=O) groups is 4. The zero-order chi connectivity index (χ0) is 17.0. The minimum atomic E-state index is -1.61. The van der Waals surface area contributed by atoms with Crippen LogP contribution in [0.25, 0.3) is 0 Å². The molecular formula is C17H15NO5. The van der Waals surface area contributed by atoms with Gasteiger partial charge in [0.1, 0.15) is 0 Å². The summed E-state index contributed by atoms with van der Waals surface area (Å²) in [5.41, 5.74) is 1.75. The highest BCUT2D eigenvalue weighted by Gasteiger charge is 2.20. The van der Waals surface area contributed by atoms with Crippen LogP contribution in [0, 0.1) is 0 Å². The summed E-state index contributed by atoms with van der Waals surface area (Å²) in [6, 6.07) is 10.2. The number of hydrogen-bond donors (Lipinski definition) is 1. The molecular weight excluding hydrogens is 298 g/mol. The van der Waals surface area contributed by atoms with Gasteiger partial charge in [0.2, 0.25) is 5.78 Å². The molecule has 0 bridgehead atoms. The summed E-state index contributed by atoms with van der Waals surface area (Å²) in [5.74, 6) is -3.31. The average Bonchev–Trinajstić information content (AvgIpc) is 2.95. The molecule has 0 unspecified atom stereocenters. The Hall–Kier alpha value is -3.02. The molecule has 1 heterocycles. The van der Waals surface area contributed by atoms with Gasteiger partial charge in [-0.15, -0.1) is 0 Å². The highest BCUT2D eigenvalue weighted by molar-refractivity contribution is 6.37. The Morgan fingerprint density at radius 2 is 1.70 bits per heavy atom. The summed E-state index contributed by atoms with van der Waals surface area (Å²) < 4.78 is 1.64. The first-order valence-corrected chi connectivity index (χ1v) is 6.93. The molecule has 0 atom stereocenters. The number of aromatic nitrogens is 1. The van der Waals surface area contributed by atoms with Crippen LogP contribution in [-0.4, -0.2) is 33.0 Å². The second-order valence-electron chi connectivity index (χ2n) is 5.10. The van der Waals surface area contributed by atoms with Gasteiger partial charge in [0.15, 0.2) is 11.6 Å². The predicted molar refractivity (Wildman–Crippen MR) is 81.6 cm³/mol. The number of benzene rings is 1. The van der Waals surface area contributed by atoms with Gasteiger partial charge in [0, 0.05) is 18.3 Å². The van der Waals surface area contributed by atoms with Crippen molar-refractivity contribution >= 4 is 23.3 Å². The van der Waals surface area contributed by atoms with E-state index in [1.54, 1.807) is 47.2 Å². The van der Waals surface area contributed by atoms with Crippen LogP contribution in [-0.2, 0) is 16.1 Å². The van der Waals surface area contributed by atoms with E-state index in [-0.39, 0.29) is 11.5 Å². The van der Waals surface area contributed by atoms with Crippen LogP contribution < -0.4 is 0 Å². The Kier molecular flexibility index (Phi) is 4.85. The largest absolute Gasteiger partial charge is 0.475 e. The van der Waals surface area contributed by atoms with Gasteiger partial charge < -0.3 is 9.67 Å². The third-order valence-corrected chi connectivity index (χ3v) is 3.39. The minimum absolute atomic E-state index is 0.0273. The number of nitrogens with zero attached hydrogens (tertiary/aromatic N) is 1. The molecule has 2 aromatic rings. The fraction of sp³-hybridized carbons (Fsp3) is 0.176. The van der Waals surface area contributed by atoms with Gasteiger partial charge in [-0.25, -0.2) is 4.79 Å². The third kappa shape index (κ3) is 4.00. The number of ketones is 3. The lowest BCUT2D eigenvalue weighted by molar-refractivity contribution is -0.148. The summed E-state index contributed by atoms with van der Waals surface area (Å²) in [6.45, 7) is 1.87. The van der Waals surface area contributed by atoms with Gasteiger partial charge >= 0.3 is 5.97 Å². The maximum absolute atomic E-state index is 12.0. The van der Waals surface area contributed by atoms with Crippen molar-refractivity contribution in [1.82, 2.24) is 4.57 Å². The molecule has 1 N–H and O–H groups in total. The Morgan fingerprint density at radius 3 is 2.26 bits per heavy atom. The van der Waals surface area contributed by atoms with Gasteiger partial charge in [0.25, 0.3) is 0 Å². The number of Topliss-reactive ketones (excluding diaryl/α,β-unsaturated/α-hetero) is 3. The Bertz CT molecular complexity index is 771. The molecule has 0 amide bonds. The van der Waals surface area contributed by atoms with Crippen LogP contribution in [0.5, 0.6) is 0 Å². The van der Waals surface area contributed by atoms with E-state index in [4.69, 9.17) is 5.11 Å². The summed E-state index contributed by atoms with van der Waals surface area (Å²) >= 11 is 0. The molecule has 23 heavy (non-hydrogen) atoms. The Labute approximate surface area is 132 Å². The van der Waals surface area contributed by atoms with Crippen LogP contribution in [0.1, 0.15) is 39.8 Å². The first kappa shape index (κ1) is 16.4. The first-order chi connectivity index (χ1) is 10.9. The van der Waals surface area contributed by atoms with Crippen molar-refractivity contribution in [2.24, 2.45) is 0 Å². The molecule has 0 aliphatic carbocycles. The fourth-order valence-corrected chi connectivity index (χ4v) is 2.16. The zero-order valence-corrected chi connectivity index (χ0v) is 12.5. The topological polar surface area (TPSA) is 93.4 Å². The van der Waals surface area contributed by atoms with E-state index in [1.165, 1.54) is 6.92 Å². The number of rotatable bonds is 7. The normalized spacial score (nSPS) is 10.3. The van der Waals surface area contributed by atoms with Gasteiger partial charge in [-0.2, -0.15) is 0 Å². The molecule has 118 valence electrons. The van der Waals surface area contributed by atoms with E-state index in [2.05, 4.69) is 0 Å². The number of carboxylic acid groups (broad SMARTS) is 1. The van der Waals surface area contributed by atoms with E-state index in [0.717, 1.165) is 5.56 Å². The second kappa shape index (κ2) is 6.83. The minimum Gasteiger partial charge on any atom is -0.475 e. The molecule has 1 aromatic heterocycles. The third-order valence-electron chi connectivity index (χ3n) is 3.39. The average molecular weight is 313 g/mol. The summed E-state index contributed by atoms with van der Waals surface area (Å²) in [5, 5.41) is 8.57. The van der Waals surface area contributed by atoms with E-state index < -0.39 is 24.0 Å². The number of carbonyl (C=O) groups excluding carboxylic acids is 3. The predicted octanol–water partition coefficient (Wildman–Crippen LogP) is 1.97. The molecule has 1 aromatic carbocycles. The lowest BCUT2D eigenvalue weighted by Gasteiger charge is -2.08. The van der Waals surface area contributed by atoms with Crippen molar-refractivity contribution in [2.75, 3.05) is 0 Å². The zero-order valence-electron chi connectivity index (χ0n) is 12.5. The van der Waals surface area contributed by atoms with E-state index in [1.807, 2.05) is 0 Å². The molecule has 0 spiro atoms. The molecule has 0 saturated carbocycles. The molecule has 0 aliphatic rings. The summed E-state index contributed by atoms with van der Waals surface area (Å²) in [4.78, 5) is 45.0. The van der Waals surface area contributed by atoms with Crippen LogP contribution in [0.4, 0.5) is 0 Å². The Morgan fingerprint density at radius 1 is 1.04 bits per heavy atom. The highest BCUT2D eigenvalue weighted by Crippen LogP contribution is 2.12. The maximum atomic E-state index is 12.0. The van der Waals surface area contributed by atoms with E-state index >= 15 is 0 Å². The highest BCUT2D eigenvalue weighted by atomic mass is 16.4. The van der Waals surface area contributed by atoms with Crippen molar-refractivity contribution < 1.29 is 24.3 Å². The van der Waals surface area contributed by atoms with Gasteiger partial charge in [-0.05, 0) is 24.6 Å². The van der Waals surface area contributed by atoms with Crippen molar-refractivity contribution in [3.05, 3.63) is 59.4 Å². The molecule has 6 heteroatoms. The molecule has 0 saturated heterocycles. The van der Waals surface area contributed by atoms with Crippen LogP contribution in [0.15, 0.2) is 42.6 Å². The summed E-state index contributed by atoms with van der Waals surface area (Å²) in [7, 11) is 0. The first-order valence-electron chi connectivity index (χ1n) is 6.93. The van der Waals surface area contributed by atoms with Gasteiger partial charge in [-0.3, -0.25) is 14.4 Å². The van der Waals surface area contributed by atoms with Crippen molar-refractivity contribution in [1.29, 1.82) is 0 Å². The van der Waals surface area contributed by atoms with Crippen LogP contribution in [0.3, 0.4) is 0 Å². The number of hydrogen-bond acceptors (Lipinski definition) is 4. The van der Waals surface area contributed by atoms with Crippen molar-refractivity contribution in [3.63, 3.8) is 0 Å². The van der Waals surface area contributed by atoms with Crippen molar-refractivity contribution in [3.8, 4) is 0 Å². The molecule has 0 radical (unpaired) electrons. The quantitative estimate of drug-likeness (QED) is 0.479. The SMILES string of the molecule is CC(=O)c1ccc(Cn2cccc2C(=O)CC(=O)C(=O)O)cc1. The monoisotopic (exact) mass is 313 g/mol. The number of aliphatic carboxylic acids is 1. The van der Waals surface area contributed by atoms with Gasteiger partial charge in [-0.1, -0.05) is 24.3 Å². The molecule has 0 aliphatic heterocycles. The van der Waals surface area contributed by atoms with Crippen LogP contribution >= 0.6 is 0 Å². The Balaban J connectivity index is 2.14. The standard InChI is InChI=1S/C17H15NO5/c1-11(19)13-6-4-12(5-7-13)10-18-8-2-3-14(18)15(20)9-16(21)17(22)23/h2-8H,9-10H2,1H3,(H,22,23). The second-order valence-corrected chi connectivity index (χ2v) is 5.10. The van der Waals surface area contributed by atoms with Crippen molar-refractivity contribution in [2.45, 2.75) is 19.9 Å².